The van der Waals surface area contributed by atoms with Crippen LogP contribution in [0.1, 0.15) is 80.1 Å². The van der Waals surface area contributed by atoms with Gasteiger partial charge in [-0.1, -0.05) is 67.6 Å². The fourth-order valence-electron chi connectivity index (χ4n) is 8.60. The van der Waals surface area contributed by atoms with Crippen LogP contribution in [0.15, 0.2) is 82.6 Å². The van der Waals surface area contributed by atoms with Gasteiger partial charge in [-0.3, -0.25) is 14.5 Å². The number of benzene rings is 3. The Bertz CT molecular complexity index is 2070. The van der Waals surface area contributed by atoms with E-state index in [-0.39, 0.29) is 77.7 Å². The number of halogens is 3. The molecule has 4 aromatic rings. The van der Waals surface area contributed by atoms with Crippen LogP contribution in [0.5, 0.6) is 11.6 Å². The first-order valence-electron chi connectivity index (χ1n) is 17.0. The van der Waals surface area contributed by atoms with Gasteiger partial charge in [0.05, 0.1) is 11.1 Å². The van der Waals surface area contributed by atoms with Gasteiger partial charge in [-0.15, -0.1) is 0 Å². The number of hydrogen-bond acceptors (Lipinski definition) is 8. The van der Waals surface area contributed by atoms with Crippen LogP contribution in [0.4, 0.5) is 13.2 Å². The molecule has 9 rings (SSSR count). The number of hydrogen-bond donors (Lipinski definition) is 0. The lowest BCUT2D eigenvalue weighted by Gasteiger charge is -2.43. The van der Waals surface area contributed by atoms with Crippen molar-refractivity contribution in [1.82, 2.24) is 10.1 Å². The third-order valence-electron chi connectivity index (χ3n) is 11.1. The maximum atomic E-state index is 15.2. The Morgan fingerprint density at radius 2 is 1.66 bits per heavy atom. The molecule has 3 heterocycles. The van der Waals surface area contributed by atoms with Crippen LogP contribution in [0.2, 0.25) is 0 Å². The van der Waals surface area contributed by atoms with Crippen LogP contribution in [-0.2, 0) is 37.0 Å². The Morgan fingerprint density at radius 3 is 2.30 bits per heavy atom. The molecule has 2 fully saturated rings. The lowest BCUT2D eigenvalue weighted by molar-refractivity contribution is -0.140. The molecular weight excluding hydrogens is 649 g/mol. The zero-order valence-electron chi connectivity index (χ0n) is 27.2. The molecule has 11 heteroatoms. The number of Topliss-reactive ketones (excluding diaryl/α,β-unsaturated/α-hetero) is 2. The molecule has 0 saturated carbocycles. The molecule has 0 bridgehead atoms. The third kappa shape index (κ3) is 4.66. The smallest absolute Gasteiger partial charge is 0.417 e. The molecule has 256 valence electrons. The molecule has 4 atom stereocenters. The standard InChI is InChI=1S/C39H33F3N2O6/c1-2-44-14-13-27(44)25-18-28(47-19-21-9-5-3-6-10-21)31-26(33(25)39(40,41)42)16-23-15-24-17-29-32(35(46)38(24)36(49-38)30(23)34(31)45)37(43-50-29)48-20-22-11-7-4-8-12-22/h3-12,18,23-24,27H,2,13-17,19-20H2,1H3/t23?,24-,27?,38+/m0/s1. The Morgan fingerprint density at radius 1 is 0.960 bits per heavy atom. The summed E-state index contributed by atoms with van der Waals surface area (Å²) in [5.74, 6) is -1.20. The molecule has 2 unspecified atom stereocenters. The monoisotopic (exact) mass is 682 g/mol. The molecule has 0 amide bonds. The molecule has 1 spiro atoms. The number of carbonyl (C=O) groups is 2. The summed E-state index contributed by atoms with van der Waals surface area (Å²) in [6.07, 6.45) is -3.58. The number of ether oxygens (including phenoxy) is 3. The summed E-state index contributed by atoms with van der Waals surface area (Å²) in [7, 11) is 0. The quantitative estimate of drug-likeness (QED) is 0.177. The lowest BCUT2D eigenvalue weighted by Crippen LogP contribution is -2.45. The van der Waals surface area contributed by atoms with Crippen LogP contribution in [0, 0.1) is 11.8 Å². The van der Waals surface area contributed by atoms with E-state index in [9.17, 15) is 9.59 Å². The number of fused-ring (bicyclic) bond motifs is 3. The summed E-state index contributed by atoms with van der Waals surface area (Å²) >= 11 is 0. The van der Waals surface area contributed by atoms with E-state index in [1.807, 2.05) is 72.5 Å². The van der Waals surface area contributed by atoms with Gasteiger partial charge in [0.2, 0.25) is 11.4 Å². The van der Waals surface area contributed by atoms with Crippen LogP contribution in [0.3, 0.4) is 0 Å². The fourth-order valence-corrected chi connectivity index (χ4v) is 8.60. The second-order valence-corrected chi connectivity index (χ2v) is 13.7. The maximum absolute atomic E-state index is 15.2. The van der Waals surface area contributed by atoms with E-state index in [4.69, 9.17) is 18.7 Å². The molecule has 2 saturated heterocycles. The number of likely N-dealkylation sites (tertiary alicyclic amines) is 1. The van der Waals surface area contributed by atoms with Crippen molar-refractivity contribution in [3.63, 3.8) is 0 Å². The topological polar surface area (TPSA) is 94.4 Å². The third-order valence-corrected chi connectivity index (χ3v) is 11.1. The van der Waals surface area contributed by atoms with Crippen molar-refractivity contribution in [3.8, 4) is 11.6 Å². The van der Waals surface area contributed by atoms with Gasteiger partial charge >= 0.3 is 6.18 Å². The van der Waals surface area contributed by atoms with E-state index in [0.29, 0.717) is 25.3 Å². The molecule has 8 nitrogen and oxygen atoms in total. The summed E-state index contributed by atoms with van der Waals surface area (Å²) in [5.41, 5.74) is 0.0240. The molecule has 5 aliphatic rings. The average molecular weight is 683 g/mol. The molecule has 50 heavy (non-hydrogen) atoms. The normalized spacial score (nSPS) is 25.0. The van der Waals surface area contributed by atoms with Gasteiger partial charge in [0.1, 0.15) is 24.5 Å². The van der Waals surface area contributed by atoms with Crippen LogP contribution in [0.25, 0.3) is 0 Å². The number of epoxide rings is 1. The highest BCUT2D eigenvalue weighted by Gasteiger charge is 2.72. The second-order valence-electron chi connectivity index (χ2n) is 13.7. The minimum absolute atomic E-state index is 0.0258. The van der Waals surface area contributed by atoms with Gasteiger partial charge < -0.3 is 18.7 Å². The summed E-state index contributed by atoms with van der Waals surface area (Å²) in [6, 6.07) is 19.7. The number of alkyl halides is 3. The van der Waals surface area contributed by atoms with Crippen molar-refractivity contribution in [2.45, 2.75) is 63.6 Å². The summed E-state index contributed by atoms with van der Waals surface area (Å²) in [5, 5.41) is 4.06. The van der Waals surface area contributed by atoms with Crippen molar-refractivity contribution in [3.05, 3.63) is 123 Å². The van der Waals surface area contributed by atoms with E-state index in [1.54, 1.807) is 0 Å². The highest BCUT2D eigenvalue weighted by Crippen LogP contribution is 2.64. The summed E-state index contributed by atoms with van der Waals surface area (Å²) in [4.78, 5) is 30.9. The minimum atomic E-state index is -4.70. The van der Waals surface area contributed by atoms with Crippen LogP contribution < -0.4 is 9.47 Å². The van der Waals surface area contributed by atoms with Crippen molar-refractivity contribution in [2.75, 3.05) is 13.1 Å². The fraction of sp³-hybridized carbons (Fsp3) is 0.359. The van der Waals surface area contributed by atoms with Crippen molar-refractivity contribution in [1.29, 1.82) is 0 Å². The van der Waals surface area contributed by atoms with Gasteiger partial charge in [-0.05, 0) is 65.2 Å². The number of rotatable bonds is 8. The molecule has 3 aliphatic carbocycles. The zero-order chi connectivity index (χ0) is 34.4. The predicted octanol–water partition coefficient (Wildman–Crippen LogP) is 7.46. The van der Waals surface area contributed by atoms with Crippen molar-refractivity contribution >= 4 is 11.6 Å². The molecule has 0 N–H and O–H groups in total. The lowest BCUT2D eigenvalue weighted by atomic mass is 9.62. The van der Waals surface area contributed by atoms with E-state index in [0.717, 1.165) is 11.1 Å². The SMILES string of the molecule is CCN1CCC1c1cc(OCc2ccccc2)c2c(c1C(F)(F)F)CC1C[C@H]3Cc4onc(OCc5ccccc5)c4C(=O)[C@]34OC4=C1C2=O. The average Bonchev–Trinajstić information content (AvgIpc) is 3.71. The first-order valence-corrected chi connectivity index (χ1v) is 17.0. The number of nitrogens with zero attached hydrogens (tertiary/aromatic N) is 2. The summed E-state index contributed by atoms with van der Waals surface area (Å²) in [6.45, 7) is 3.48. The molecule has 1 aromatic heterocycles. The van der Waals surface area contributed by atoms with Gasteiger partial charge in [0.15, 0.2) is 17.3 Å². The minimum Gasteiger partial charge on any atom is -0.488 e. The van der Waals surface area contributed by atoms with E-state index in [2.05, 4.69) is 5.16 Å². The summed E-state index contributed by atoms with van der Waals surface area (Å²) < 4.78 is 69.5. The van der Waals surface area contributed by atoms with E-state index < -0.39 is 46.8 Å². The number of carbonyl (C=O) groups excluding carboxylic acids is 2. The second kappa shape index (κ2) is 11.3. The molecule has 2 aliphatic heterocycles. The number of allylic oxidation sites excluding steroid dienone is 1. The van der Waals surface area contributed by atoms with Gasteiger partial charge in [0.25, 0.3) is 5.88 Å². The Kier molecular flexibility index (Phi) is 7.04. The molecule has 0 radical (unpaired) electrons. The first kappa shape index (κ1) is 31.1. The van der Waals surface area contributed by atoms with E-state index >= 15 is 13.2 Å². The van der Waals surface area contributed by atoms with Crippen molar-refractivity contribution < 1.29 is 41.5 Å². The predicted molar refractivity (Wildman–Crippen MR) is 173 cm³/mol. The van der Waals surface area contributed by atoms with Crippen LogP contribution in [-0.4, -0.2) is 40.3 Å². The largest absolute Gasteiger partial charge is 0.488 e. The number of ketones is 2. The van der Waals surface area contributed by atoms with Gasteiger partial charge in [-0.25, -0.2) is 0 Å². The Labute approximate surface area is 285 Å². The molecular formula is C39H33F3N2O6. The van der Waals surface area contributed by atoms with Crippen molar-refractivity contribution in [2.24, 2.45) is 11.8 Å². The number of aromatic nitrogens is 1. The highest BCUT2D eigenvalue weighted by atomic mass is 19.4. The van der Waals surface area contributed by atoms with Gasteiger partial charge in [-0.2, -0.15) is 13.2 Å². The zero-order valence-corrected chi connectivity index (χ0v) is 27.2. The Balaban J connectivity index is 1.12. The first-order chi connectivity index (χ1) is 24.2. The van der Waals surface area contributed by atoms with E-state index in [1.165, 1.54) is 6.07 Å². The Hall–Kier alpha value is -4.90. The van der Waals surface area contributed by atoms with Crippen LogP contribution >= 0.6 is 0 Å². The molecule has 3 aromatic carbocycles. The van der Waals surface area contributed by atoms with Gasteiger partial charge in [0, 0.05) is 30.5 Å². The highest BCUT2D eigenvalue weighted by molar-refractivity contribution is 6.17. The maximum Gasteiger partial charge on any atom is 0.417 e.